The minimum Gasteiger partial charge on any atom is -0.696 e. The smallest absolute Gasteiger partial charge is 0.306 e. The number of aldehydes is 1. The second-order valence-electron chi connectivity index (χ2n) is 25.4. The van der Waals surface area contributed by atoms with Crippen LogP contribution in [0.2, 0.25) is 5.02 Å². The van der Waals surface area contributed by atoms with Crippen LogP contribution in [0.25, 0.3) is 122 Å². The van der Waals surface area contributed by atoms with Crippen LogP contribution in [-0.4, -0.2) is 106 Å². The van der Waals surface area contributed by atoms with Gasteiger partial charge in [0.25, 0.3) is 5.97 Å². The average Bonchev–Trinajstić information content (AvgIpc) is 1.73. The van der Waals surface area contributed by atoms with Crippen molar-refractivity contribution in [3.63, 3.8) is 0 Å². The van der Waals surface area contributed by atoms with E-state index in [0.717, 1.165) is 222 Å². The Morgan fingerprint density at radius 2 is 0.982 bits per heavy atom. The molecule has 0 atom stereocenters. The van der Waals surface area contributed by atoms with Crippen LogP contribution in [0.1, 0.15) is 107 Å². The molecule has 0 spiro atoms. The van der Waals surface area contributed by atoms with E-state index in [0.29, 0.717) is 45.0 Å². The van der Waals surface area contributed by atoms with Gasteiger partial charge in [0.05, 0.1) is 62.4 Å². The van der Waals surface area contributed by atoms with Crippen LogP contribution in [0.5, 0.6) is 5.75 Å². The number of aryl methyl sites for hydroxylation is 11. The zero-order valence-corrected chi connectivity index (χ0v) is 78.5. The summed E-state index contributed by atoms with van der Waals surface area (Å²) in [5.74, 6) is 4.46. The number of methoxy groups -OCH3 is 1. The standard InChI is InChI=1S/C21H21N4O3.C16H14N4O2.C15H12ClN3O3.C15H15N4O.C6H10O2.C2H4O2.4CH3.H2N.4Y/c1-11-19(12(2)28-25-11)15-8-16-14(9-18(15)26-3)20-17(10-22-16)23-21(24-20)13-4-6-27-7-5-13;1-7-4-11-12(17-6-13-15(11)19-16(21)18-13)5-10(7)14-8(2)20-22-9(14)3;1-7-4-11-12(17-6-13(15(11)16)19(20)21)5-10(7)14-8(2)18-22-9(14)3;1-7-4-11-13(18-6-12(16)15(11)17)5-10(7)14-8(2)19-20-9(14)3;7-5-6-1-3-8-4-2-6;1-2(3)4;;;;;;;;;/h8-10,13H,4-7H2,1-3H3;4-6H,1-3H3,(H2,17,18,19,21);4-6H,1-3H3;4-6H,16H2,1-3H3,(H-,17,18);5-6H,1-4H2;1H3,(H,3,4);4*1H3;1H2;;;;/q-1;;;-1;;;5*-1;;;;/p-1. The molecule has 0 amide bonds. The van der Waals surface area contributed by atoms with Gasteiger partial charge in [0.2, 0.25) is 0 Å². The van der Waals surface area contributed by atoms with E-state index in [9.17, 15) is 19.7 Å². The molecule has 7 N–H and O–H groups in total. The molecule has 0 unspecified atom stereocenters. The molecule has 2 saturated heterocycles. The molecule has 2 aliphatic rings. The Bertz CT molecular complexity index is 5580. The van der Waals surface area contributed by atoms with Gasteiger partial charge in [0.15, 0.2) is 5.69 Å². The van der Waals surface area contributed by atoms with Gasteiger partial charge >= 0.3 is 5.69 Å². The molecule has 113 heavy (non-hydrogen) atoms. The number of nitrogens with one attached hydrogen (secondary N) is 2. The number of ether oxygens (including phenoxy) is 3. The third-order valence-corrected chi connectivity index (χ3v) is 18.5. The Hall–Kier alpha value is -7.37. The Morgan fingerprint density at radius 3 is 1.42 bits per heavy atom. The first-order chi connectivity index (χ1) is 49.7. The number of carbonyl (C=O) groups is 2. The van der Waals surface area contributed by atoms with E-state index in [2.05, 4.69) is 50.5 Å². The monoisotopic (exact) mass is 1860 g/mol. The number of imidazole rings is 2. The van der Waals surface area contributed by atoms with Crippen LogP contribution in [-0.2, 0) is 150 Å². The predicted molar refractivity (Wildman–Crippen MR) is 424 cm³/mol. The van der Waals surface area contributed by atoms with Crippen molar-refractivity contribution in [2.24, 2.45) is 5.92 Å². The quantitative estimate of drug-likeness (QED) is 0.0550. The number of halogens is 1. The summed E-state index contributed by atoms with van der Waals surface area (Å²) >= 11 is 6.14. The van der Waals surface area contributed by atoms with E-state index in [4.69, 9.17) is 75.2 Å². The third-order valence-electron chi connectivity index (χ3n) is 18.1. The SMILES string of the molecule is CC(=O)O.COc1cc2c(cc1-c1c(C)noc1C)ncc1nc(C3CCOCC3)[n-]c12.Cc1cc2c(Cl)c([N+](=O)[O-])cnc2cc1-c1c(C)noc1C.Cc1cc2c([NH-])c(N)cnc2cc1-c1c(C)noc1C.Cc1cc2c(cc1-c1c(C)noc1C)ncc1[nH]c(=O)[n-]c12.O=CC1CCOCC1.[CH3-].[CH3-].[CH3-].[CH3-].[NH2-].[Y].[Y].[Y].[Y]. The number of nitro groups is 1. The molecule has 2 aliphatic heterocycles. The molecule has 16 rings (SSSR count). The van der Waals surface area contributed by atoms with Crippen molar-refractivity contribution in [1.82, 2.24) is 60.5 Å². The van der Waals surface area contributed by atoms with Crippen molar-refractivity contribution in [3.8, 4) is 50.3 Å². The Kier molecular flexibility index (Phi) is 40.2. The normalized spacial score (nSPS) is 12.1. The van der Waals surface area contributed by atoms with Gasteiger partial charge in [0, 0.05) is 233 Å². The summed E-state index contributed by atoms with van der Waals surface area (Å²) in [4.78, 5) is 74.8. The van der Waals surface area contributed by atoms with Gasteiger partial charge < -0.3 is 109 Å². The number of carbonyl (C=O) groups excluding carboxylic acids is 1. The van der Waals surface area contributed by atoms with E-state index < -0.39 is 10.9 Å². The average molecular weight is 1860 g/mol. The summed E-state index contributed by atoms with van der Waals surface area (Å²) in [7, 11) is 1.67. The summed E-state index contributed by atoms with van der Waals surface area (Å²) in [5.41, 5.74) is 34.0. The predicted octanol–water partition coefficient (Wildman–Crippen LogP) is 18.2. The van der Waals surface area contributed by atoms with Crippen LogP contribution in [0, 0.1) is 122 Å². The Morgan fingerprint density at radius 1 is 0.593 bits per heavy atom. The van der Waals surface area contributed by atoms with Crippen LogP contribution in [0.3, 0.4) is 0 Å². The maximum absolute atomic E-state index is 11.4. The van der Waals surface area contributed by atoms with E-state index in [1.807, 2.05) is 119 Å². The molecule has 0 bridgehead atoms. The van der Waals surface area contributed by atoms with Gasteiger partial charge in [-0.3, -0.25) is 34.7 Å². The first-order valence-electron chi connectivity index (χ1n) is 33.2. The molecule has 29 nitrogen and oxygen atoms in total. The minimum atomic E-state index is -0.833. The fraction of sp³-hybridized carbons (Fsp3) is 0.291. The summed E-state index contributed by atoms with van der Waals surface area (Å²) in [5, 5.41) is 37.6. The molecule has 14 aromatic rings. The number of hydrogen-bond donors (Lipinski definition) is 3. The van der Waals surface area contributed by atoms with Gasteiger partial charge in [-0.1, -0.05) is 44.1 Å². The number of benzene rings is 4. The number of H-pyrrole nitrogens is 1. The summed E-state index contributed by atoms with van der Waals surface area (Å²) < 4.78 is 37.2. The van der Waals surface area contributed by atoms with Crippen LogP contribution in [0.4, 0.5) is 17.1 Å². The van der Waals surface area contributed by atoms with Crippen LogP contribution >= 0.6 is 11.6 Å². The van der Waals surface area contributed by atoms with E-state index >= 15 is 0 Å². The van der Waals surface area contributed by atoms with Crippen molar-refractivity contribution in [2.45, 2.75) is 115 Å². The van der Waals surface area contributed by atoms with Crippen molar-refractivity contribution >= 4 is 107 Å². The molecule has 0 saturated carbocycles. The second-order valence-corrected chi connectivity index (χ2v) is 25.7. The van der Waals surface area contributed by atoms with E-state index in [1.165, 1.54) is 12.4 Å². The number of carboxylic acid groups (broad SMARTS) is 1. The molecular weight excluding hydrogens is 1770 g/mol. The molecule has 2 fully saturated rings. The molecule has 4 radical (unpaired) electrons. The fourth-order valence-electron chi connectivity index (χ4n) is 12.9. The number of nitrogen functional groups attached to an aromatic ring is 1. The maximum Gasteiger partial charge on any atom is 0.306 e. The van der Waals surface area contributed by atoms with Gasteiger partial charge in [0.1, 0.15) is 46.3 Å². The number of hydrogen-bond acceptors (Lipinski definition) is 22. The zero-order valence-electron chi connectivity index (χ0n) is 66.4. The van der Waals surface area contributed by atoms with Crippen molar-refractivity contribution in [1.29, 1.82) is 0 Å². The molecular formula is C79H89ClN16O13Y4-8. The largest absolute Gasteiger partial charge is 0.696 e. The number of pyridine rings is 4. The number of aliphatic carboxylic acids is 1. The van der Waals surface area contributed by atoms with Crippen molar-refractivity contribution < 1.29 is 183 Å². The summed E-state index contributed by atoms with van der Waals surface area (Å²) in [6.07, 6.45) is 10.9. The first-order valence-corrected chi connectivity index (χ1v) is 33.6. The molecule has 34 heteroatoms. The topological polar surface area (TPSA) is 438 Å². The summed E-state index contributed by atoms with van der Waals surface area (Å²) in [6.45, 7) is 25.3. The van der Waals surface area contributed by atoms with Gasteiger partial charge in [-0.25, -0.2) is 4.98 Å². The fourth-order valence-corrected chi connectivity index (χ4v) is 13.1. The van der Waals surface area contributed by atoms with Crippen LogP contribution in [0.15, 0.2) is 96.2 Å². The Labute approximate surface area is 760 Å². The number of anilines is 1. The van der Waals surface area contributed by atoms with Gasteiger partial charge in [-0.15, -0.1) is 5.69 Å². The third kappa shape index (κ3) is 22.6. The maximum atomic E-state index is 11.4. The van der Waals surface area contributed by atoms with Gasteiger partial charge in [-0.05, 0) is 211 Å². The molecule has 12 heterocycles. The number of nitrogens with zero attached hydrogens (tertiary/aromatic N) is 12. The van der Waals surface area contributed by atoms with E-state index in [-0.39, 0.29) is 189 Å². The summed E-state index contributed by atoms with van der Waals surface area (Å²) in [6, 6.07) is 15.6. The number of fused-ring (bicyclic) bond motifs is 8. The van der Waals surface area contributed by atoms with Crippen molar-refractivity contribution in [3.05, 3.63) is 209 Å². The molecule has 4 aromatic carbocycles. The second kappa shape index (κ2) is 44.7. The van der Waals surface area contributed by atoms with Crippen LogP contribution < -0.4 is 26.1 Å². The van der Waals surface area contributed by atoms with E-state index in [1.54, 1.807) is 25.6 Å². The zero-order chi connectivity index (χ0) is 74.5. The van der Waals surface area contributed by atoms with Crippen molar-refractivity contribution in [2.75, 3.05) is 39.3 Å². The number of aromatic nitrogens is 12. The molecule has 590 valence electrons. The minimum absolute atomic E-state index is 0. The van der Waals surface area contributed by atoms with Gasteiger partial charge in [-0.2, -0.15) is 0 Å². The number of carboxylic acids is 1. The number of aromatic amines is 1. The number of rotatable bonds is 8. The Balaban J connectivity index is 0.000000477. The molecule has 10 aromatic heterocycles. The number of nitrogens with two attached hydrogens (primary N) is 2. The first kappa shape index (κ1) is 102. The molecule has 0 aliphatic carbocycles.